The van der Waals surface area contributed by atoms with E-state index >= 15 is 0 Å². The summed E-state index contributed by atoms with van der Waals surface area (Å²) in [6.07, 6.45) is 6.22. The van der Waals surface area contributed by atoms with E-state index in [2.05, 4.69) is 29.0 Å². The van der Waals surface area contributed by atoms with Gasteiger partial charge in [0.15, 0.2) is 0 Å². The summed E-state index contributed by atoms with van der Waals surface area (Å²) >= 11 is 0. The molecule has 3 N–H and O–H groups in total. The van der Waals surface area contributed by atoms with Gasteiger partial charge in [-0.2, -0.15) is 0 Å². The van der Waals surface area contributed by atoms with E-state index in [1.807, 2.05) is 19.3 Å². The summed E-state index contributed by atoms with van der Waals surface area (Å²) in [5.74, 6) is 0. The summed E-state index contributed by atoms with van der Waals surface area (Å²) in [5.41, 5.74) is 8.05. The second-order valence-electron chi connectivity index (χ2n) is 5.57. The SMILES string of the molecule is CNC(c1cnccc1N)C(C)(C)N1CCCC1. The number of nitrogen functional groups attached to an aromatic ring is 1. The van der Waals surface area contributed by atoms with Gasteiger partial charge < -0.3 is 11.1 Å². The number of nitrogens with zero attached hydrogens (tertiary/aromatic N) is 2. The van der Waals surface area contributed by atoms with E-state index in [4.69, 9.17) is 5.73 Å². The van der Waals surface area contributed by atoms with Crippen molar-refractivity contribution in [3.63, 3.8) is 0 Å². The first-order valence-corrected chi connectivity index (χ1v) is 6.69. The topological polar surface area (TPSA) is 54.2 Å². The number of likely N-dealkylation sites (tertiary alicyclic amines) is 1. The van der Waals surface area contributed by atoms with Crippen molar-refractivity contribution >= 4 is 5.69 Å². The Labute approximate surface area is 110 Å². The lowest BCUT2D eigenvalue weighted by Gasteiger charge is -2.42. The van der Waals surface area contributed by atoms with Crippen LogP contribution in [0.4, 0.5) is 5.69 Å². The molecule has 1 aromatic rings. The van der Waals surface area contributed by atoms with E-state index < -0.39 is 0 Å². The molecule has 0 saturated carbocycles. The van der Waals surface area contributed by atoms with Crippen molar-refractivity contribution in [1.82, 2.24) is 15.2 Å². The fourth-order valence-corrected chi connectivity index (χ4v) is 3.02. The van der Waals surface area contributed by atoms with E-state index in [1.54, 1.807) is 6.20 Å². The zero-order valence-electron chi connectivity index (χ0n) is 11.6. The Morgan fingerprint density at radius 1 is 1.39 bits per heavy atom. The van der Waals surface area contributed by atoms with Gasteiger partial charge in [0.05, 0.1) is 6.04 Å². The average Bonchev–Trinajstić information content (AvgIpc) is 2.86. The molecule has 2 rings (SSSR count). The van der Waals surface area contributed by atoms with E-state index in [9.17, 15) is 0 Å². The van der Waals surface area contributed by atoms with E-state index in [0.29, 0.717) is 0 Å². The van der Waals surface area contributed by atoms with Crippen molar-refractivity contribution in [2.45, 2.75) is 38.3 Å². The molecule has 4 heteroatoms. The first kappa shape index (κ1) is 13.3. The maximum absolute atomic E-state index is 6.09. The Bertz CT molecular complexity index is 397. The molecular formula is C14H24N4. The highest BCUT2D eigenvalue weighted by atomic mass is 15.2. The molecule has 1 saturated heterocycles. The fraction of sp³-hybridized carbons (Fsp3) is 0.643. The molecule has 1 aliphatic rings. The molecule has 0 amide bonds. The maximum Gasteiger partial charge on any atom is 0.0535 e. The van der Waals surface area contributed by atoms with Crippen LogP contribution in [-0.2, 0) is 0 Å². The molecule has 100 valence electrons. The number of nitrogens with one attached hydrogen (secondary N) is 1. The van der Waals surface area contributed by atoms with E-state index in [0.717, 1.165) is 11.3 Å². The fourth-order valence-electron chi connectivity index (χ4n) is 3.02. The molecule has 1 fully saturated rings. The van der Waals surface area contributed by atoms with Crippen LogP contribution in [0.25, 0.3) is 0 Å². The van der Waals surface area contributed by atoms with Crippen molar-refractivity contribution in [2.24, 2.45) is 0 Å². The van der Waals surface area contributed by atoms with Gasteiger partial charge in [-0.1, -0.05) is 0 Å². The van der Waals surface area contributed by atoms with Gasteiger partial charge in [-0.15, -0.1) is 0 Å². The van der Waals surface area contributed by atoms with Crippen LogP contribution >= 0.6 is 0 Å². The highest BCUT2D eigenvalue weighted by molar-refractivity contribution is 5.47. The average molecular weight is 248 g/mol. The van der Waals surface area contributed by atoms with Gasteiger partial charge >= 0.3 is 0 Å². The number of pyridine rings is 1. The van der Waals surface area contributed by atoms with Crippen molar-refractivity contribution in [3.8, 4) is 0 Å². The van der Waals surface area contributed by atoms with E-state index in [-0.39, 0.29) is 11.6 Å². The molecule has 0 spiro atoms. The summed E-state index contributed by atoms with van der Waals surface area (Å²) in [6.45, 7) is 6.91. The molecule has 1 unspecified atom stereocenters. The summed E-state index contributed by atoms with van der Waals surface area (Å²) in [5, 5.41) is 3.41. The lowest BCUT2D eigenvalue weighted by atomic mass is 9.87. The number of anilines is 1. The first-order valence-electron chi connectivity index (χ1n) is 6.69. The number of rotatable bonds is 4. The standard InChI is InChI=1S/C14H24N4/c1-14(2,18-8-4-5-9-18)13(16-3)11-10-17-7-6-12(11)15/h6-7,10,13,16H,4-5,8-9H2,1-3H3,(H2,15,17). The normalized spacial score (nSPS) is 19.1. The van der Waals surface area contributed by atoms with Gasteiger partial charge in [0.1, 0.15) is 0 Å². The lowest BCUT2D eigenvalue weighted by molar-refractivity contribution is 0.110. The lowest BCUT2D eigenvalue weighted by Crippen LogP contribution is -2.51. The van der Waals surface area contributed by atoms with Crippen molar-refractivity contribution < 1.29 is 0 Å². The second kappa shape index (κ2) is 5.24. The number of hydrogen-bond donors (Lipinski definition) is 2. The predicted molar refractivity (Wildman–Crippen MR) is 75.3 cm³/mol. The number of nitrogens with two attached hydrogens (primary N) is 1. The molecule has 0 aliphatic carbocycles. The Balaban J connectivity index is 2.30. The first-order chi connectivity index (χ1) is 8.57. The third-order valence-corrected chi connectivity index (χ3v) is 4.11. The van der Waals surface area contributed by atoms with Gasteiger partial charge in [-0.05, 0) is 52.9 Å². The van der Waals surface area contributed by atoms with Crippen LogP contribution < -0.4 is 11.1 Å². The van der Waals surface area contributed by atoms with E-state index in [1.165, 1.54) is 25.9 Å². The zero-order chi connectivity index (χ0) is 13.2. The van der Waals surface area contributed by atoms with Crippen molar-refractivity contribution in [3.05, 3.63) is 24.0 Å². The smallest absolute Gasteiger partial charge is 0.0535 e. The van der Waals surface area contributed by atoms with Crippen molar-refractivity contribution in [2.75, 3.05) is 25.9 Å². The molecule has 0 aromatic carbocycles. The Kier molecular flexibility index (Phi) is 3.88. The Morgan fingerprint density at radius 3 is 2.61 bits per heavy atom. The van der Waals surface area contributed by atoms with Crippen LogP contribution in [0.15, 0.2) is 18.5 Å². The van der Waals surface area contributed by atoms with Crippen LogP contribution in [-0.4, -0.2) is 35.6 Å². The van der Waals surface area contributed by atoms with Gasteiger partial charge in [0.2, 0.25) is 0 Å². The highest BCUT2D eigenvalue weighted by Crippen LogP contribution is 2.35. The molecule has 1 aromatic heterocycles. The molecule has 0 radical (unpaired) electrons. The van der Waals surface area contributed by atoms with Gasteiger partial charge in [0, 0.05) is 29.2 Å². The summed E-state index contributed by atoms with van der Waals surface area (Å²) in [4.78, 5) is 6.76. The molecule has 2 heterocycles. The Morgan fingerprint density at radius 2 is 2.06 bits per heavy atom. The number of likely N-dealkylation sites (N-methyl/N-ethyl adjacent to an activating group) is 1. The largest absolute Gasteiger partial charge is 0.398 e. The predicted octanol–water partition coefficient (Wildman–Crippen LogP) is 1.80. The summed E-state index contributed by atoms with van der Waals surface area (Å²) < 4.78 is 0. The third kappa shape index (κ3) is 2.35. The van der Waals surface area contributed by atoms with Gasteiger partial charge in [-0.3, -0.25) is 9.88 Å². The van der Waals surface area contributed by atoms with Crippen LogP contribution in [0, 0.1) is 0 Å². The zero-order valence-corrected chi connectivity index (χ0v) is 11.6. The summed E-state index contributed by atoms with van der Waals surface area (Å²) in [7, 11) is 1.99. The minimum absolute atomic E-state index is 0.0441. The minimum Gasteiger partial charge on any atom is -0.398 e. The molecule has 4 nitrogen and oxygen atoms in total. The highest BCUT2D eigenvalue weighted by Gasteiger charge is 2.37. The van der Waals surface area contributed by atoms with Crippen LogP contribution in [0.2, 0.25) is 0 Å². The number of aromatic nitrogens is 1. The monoisotopic (exact) mass is 248 g/mol. The van der Waals surface area contributed by atoms with Crippen molar-refractivity contribution in [1.29, 1.82) is 0 Å². The second-order valence-corrected chi connectivity index (χ2v) is 5.57. The minimum atomic E-state index is 0.0441. The van der Waals surface area contributed by atoms with Gasteiger partial charge in [0.25, 0.3) is 0 Å². The summed E-state index contributed by atoms with van der Waals surface area (Å²) in [6, 6.07) is 2.07. The van der Waals surface area contributed by atoms with Crippen LogP contribution in [0.3, 0.4) is 0 Å². The maximum atomic E-state index is 6.09. The van der Waals surface area contributed by atoms with Crippen LogP contribution in [0.5, 0.6) is 0 Å². The molecule has 1 aliphatic heterocycles. The Hall–Kier alpha value is -1.13. The molecule has 18 heavy (non-hydrogen) atoms. The quantitative estimate of drug-likeness (QED) is 0.853. The molecular weight excluding hydrogens is 224 g/mol. The molecule has 1 atom stereocenters. The molecule has 0 bridgehead atoms. The van der Waals surface area contributed by atoms with Gasteiger partial charge in [-0.25, -0.2) is 0 Å². The third-order valence-electron chi connectivity index (χ3n) is 4.11. The van der Waals surface area contributed by atoms with Crippen LogP contribution in [0.1, 0.15) is 38.3 Å². The number of hydrogen-bond acceptors (Lipinski definition) is 4.